The Morgan fingerprint density at radius 2 is 1.84 bits per heavy atom. The summed E-state index contributed by atoms with van der Waals surface area (Å²) in [4.78, 5) is 28.5. The van der Waals surface area contributed by atoms with Crippen LogP contribution in [0.5, 0.6) is 5.75 Å². The first-order valence-corrected chi connectivity index (χ1v) is 10.7. The third-order valence-electron chi connectivity index (χ3n) is 5.27. The van der Waals surface area contributed by atoms with Gasteiger partial charge in [0.2, 0.25) is 5.78 Å². The molecule has 1 aliphatic rings. The summed E-state index contributed by atoms with van der Waals surface area (Å²) in [6, 6.07) is 11.5. The second-order valence-corrected chi connectivity index (χ2v) is 8.33. The lowest BCUT2D eigenvalue weighted by Gasteiger charge is -2.28. The van der Waals surface area contributed by atoms with Crippen LogP contribution in [0.15, 0.2) is 48.0 Å². The number of hydrogen-bond acceptors (Lipinski definition) is 4. The summed E-state index contributed by atoms with van der Waals surface area (Å²) in [5.74, 6) is -1.43. The number of hydrogen-bond donors (Lipinski definition) is 1. The molecule has 1 amide bonds. The predicted molar refractivity (Wildman–Crippen MR) is 118 cm³/mol. The van der Waals surface area contributed by atoms with E-state index in [1.807, 2.05) is 52.2 Å². The average Bonchev–Trinajstić information content (AvgIpc) is 2.98. The maximum atomic E-state index is 13.4. The summed E-state index contributed by atoms with van der Waals surface area (Å²) in [7, 11) is 3.95. The number of amides is 1. The summed E-state index contributed by atoms with van der Waals surface area (Å²) in [5, 5.41) is 13.7. The number of carbonyl (C=O) groups excluding carboxylic acids is 2. The fraction of sp³-hybridized carbons (Fsp3) is 0.333. The first-order valence-electron chi connectivity index (χ1n) is 10.3. The Labute approximate surface area is 187 Å². The maximum absolute atomic E-state index is 13.4. The number of ether oxygens (including phenoxy) is 1. The number of nitrogens with one attached hydrogen (secondary N) is 1. The molecule has 0 radical (unpaired) electrons. The standard InChI is InChI=1S/C24H27ClN2O4/c1-5-31-19-11-10-17(14-18(19)25)22(28)20-21(16-8-6-15(2)7-9-16)27(13-12-26(3)4)24(30)23(20)29/h6-11,14,21,28H,5,12-13H2,1-4H3. The number of quaternary nitrogens is 1. The molecule has 6 nitrogen and oxygen atoms in total. The van der Waals surface area contributed by atoms with E-state index in [0.29, 0.717) is 25.4 Å². The molecule has 1 fully saturated rings. The molecule has 1 atom stereocenters. The second kappa shape index (κ2) is 9.54. The number of likely N-dealkylation sites (N-methyl/N-ethyl adjacent to an activating group) is 1. The van der Waals surface area contributed by atoms with Crippen molar-refractivity contribution < 1.29 is 24.3 Å². The zero-order valence-electron chi connectivity index (χ0n) is 18.2. The zero-order valence-corrected chi connectivity index (χ0v) is 19.0. The molecule has 31 heavy (non-hydrogen) atoms. The molecule has 0 saturated carbocycles. The third kappa shape index (κ3) is 4.75. The van der Waals surface area contributed by atoms with Crippen molar-refractivity contribution in [2.24, 2.45) is 0 Å². The highest BCUT2D eigenvalue weighted by molar-refractivity contribution is 6.46. The van der Waals surface area contributed by atoms with Crippen LogP contribution in [0.25, 0.3) is 5.76 Å². The SMILES string of the molecule is CCOc1ccc(C([O-])=C2C(=O)C(=O)N(CC[NH+](C)C)C2c2ccc(C)cc2)cc1Cl. The Hall–Kier alpha value is -2.83. The molecule has 3 rings (SSSR count). The van der Waals surface area contributed by atoms with Gasteiger partial charge in [0.1, 0.15) is 5.75 Å². The molecular weight excluding hydrogens is 416 g/mol. The number of aryl methyl sites for hydroxylation is 1. The molecule has 164 valence electrons. The molecule has 1 heterocycles. The summed E-state index contributed by atoms with van der Waals surface area (Å²) in [6.07, 6.45) is 0. The third-order valence-corrected chi connectivity index (χ3v) is 5.56. The Balaban J connectivity index is 2.12. The Bertz CT molecular complexity index is 1010. The number of Topliss-reactive ketones (excluding diaryl/α,β-unsaturated/α-hetero) is 1. The van der Waals surface area contributed by atoms with E-state index in [2.05, 4.69) is 0 Å². The van der Waals surface area contributed by atoms with Crippen LogP contribution in [0.1, 0.15) is 29.7 Å². The van der Waals surface area contributed by atoms with E-state index >= 15 is 0 Å². The van der Waals surface area contributed by atoms with Crippen LogP contribution in [0.2, 0.25) is 5.02 Å². The summed E-state index contributed by atoms with van der Waals surface area (Å²) in [5.41, 5.74) is 2.00. The van der Waals surface area contributed by atoms with Gasteiger partial charge >= 0.3 is 0 Å². The quantitative estimate of drug-likeness (QED) is 0.400. The Morgan fingerprint density at radius 1 is 1.16 bits per heavy atom. The Morgan fingerprint density at radius 3 is 2.42 bits per heavy atom. The smallest absolute Gasteiger partial charge is 0.295 e. The van der Waals surface area contributed by atoms with Gasteiger partial charge in [-0.05, 0) is 37.1 Å². The lowest BCUT2D eigenvalue weighted by molar-refractivity contribution is -0.857. The van der Waals surface area contributed by atoms with Gasteiger partial charge in [0.05, 0.1) is 44.9 Å². The summed E-state index contributed by atoms with van der Waals surface area (Å²) >= 11 is 6.26. The van der Waals surface area contributed by atoms with Crippen molar-refractivity contribution in [2.45, 2.75) is 19.9 Å². The molecule has 0 aromatic heterocycles. The highest BCUT2D eigenvalue weighted by atomic mass is 35.5. The molecule has 0 bridgehead atoms. The minimum Gasteiger partial charge on any atom is -0.872 e. The lowest BCUT2D eigenvalue weighted by atomic mass is 9.94. The van der Waals surface area contributed by atoms with Gasteiger partial charge in [0.25, 0.3) is 5.91 Å². The van der Waals surface area contributed by atoms with E-state index in [1.54, 1.807) is 12.1 Å². The van der Waals surface area contributed by atoms with Gasteiger partial charge in [0, 0.05) is 5.57 Å². The first kappa shape index (κ1) is 22.8. The van der Waals surface area contributed by atoms with Crippen molar-refractivity contribution in [3.63, 3.8) is 0 Å². The molecule has 0 spiro atoms. The van der Waals surface area contributed by atoms with E-state index in [1.165, 1.54) is 11.0 Å². The van der Waals surface area contributed by atoms with Crippen molar-refractivity contribution in [1.82, 2.24) is 4.90 Å². The molecule has 1 unspecified atom stereocenters. The second-order valence-electron chi connectivity index (χ2n) is 7.92. The summed E-state index contributed by atoms with van der Waals surface area (Å²) < 4.78 is 5.43. The topological polar surface area (TPSA) is 74.1 Å². The highest BCUT2D eigenvalue weighted by Crippen LogP contribution is 2.39. The van der Waals surface area contributed by atoms with E-state index in [9.17, 15) is 14.7 Å². The monoisotopic (exact) mass is 442 g/mol. The number of rotatable bonds is 7. The van der Waals surface area contributed by atoms with Gasteiger partial charge < -0.3 is 19.6 Å². The van der Waals surface area contributed by atoms with Gasteiger partial charge in [-0.25, -0.2) is 0 Å². The van der Waals surface area contributed by atoms with Crippen molar-refractivity contribution >= 4 is 29.1 Å². The summed E-state index contributed by atoms with van der Waals surface area (Å²) in [6.45, 7) is 5.25. The molecule has 0 aliphatic carbocycles. The maximum Gasteiger partial charge on any atom is 0.295 e. The number of benzene rings is 2. The molecule has 7 heteroatoms. The minimum atomic E-state index is -0.755. The van der Waals surface area contributed by atoms with Crippen LogP contribution in [0.3, 0.4) is 0 Å². The average molecular weight is 443 g/mol. The van der Waals surface area contributed by atoms with Gasteiger partial charge in [-0.2, -0.15) is 0 Å². The molecule has 1 aliphatic heterocycles. The Kier molecular flexibility index (Phi) is 7.03. The first-order chi connectivity index (χ1) is 14.7. The number of ketones is 1. The van der Waals surface area contributed by atoms with Crippen LogP contribution >= 0.6 is 11.6 Å². The molecule has 1 N–H and O–H groups in total. The number of halogens is 1. The van der Waals surface area contributed by atoms with Crippen LogP contribution in [-0.4, -0.2) is 50.4 Å². The van der Waals surface area contributed by atoms with Gasteiger partial charge in [-0.1, -0.05) is 53.3 Å². The zero-order chi connectivity index (χ0) is 22.7. The van der Waals surface area contributed by atoms with Crippen LogP contribution < -0.4 is 14.7 Å². The molecule has 1 saturated heterocycles. The largest absolute Gasteiger partial charge is 0.872 e. The fourth-order valence-corrected chi connectivity index (χ4v) is 3.85. The van der Waals surface area contributed by atoms with E-state index in [-0.39, 0.29) is 16.2 Å². The van der Waals surface area contributed by atoms with Crippen LogP contribution in [0.4, 0.5) is 0 Å². The lowest BCUT2D eigenvalue weighted by Crippen LogP contribution is -3.06. The van der Waals surface area contributed by atoms with Gasteiger partial charge in [-0.3, -0.25) is 9.59 Å². The van der Waals surface area contributed by atoms with E-state index in [4.69, 9.17) is 16.3 Å². The van der Waals surface area contributed by atoms with Crippen LogP contribution in [0, 0.1) is 6.92 Å². The van der Waals surface area contributed by atoms with Crippen LogP contribution in [-0.2, 0) is 9.59 Å². The van der Waals surface area contributed by atoms with Crippen molar-refractivity contribution in [1.29, 1.82) is 0 Å². The van der Waals surface area contributed by atoms with Gasteiger partial charge in [0.15, 0.2) is 0 Å². The fourth-order valence-electron chi connectivity index (χ4n) is 3.61. The predicted octanol–water partition coefficient (Wildman–Crippen LogP) is 1.42. The normalized spacial score (nSPS) is 18.1. The van der Waals surface area contributed by atoms with E-state index < -0.39 is 23.5 Å². The minimum absolute atomic E-state index is 0.0390. The number of likely N-dealkylation sites (tertiary alicyclic amines) is 1. The van der Waals surface area contributed by atoms with Crippen molar-refractivity contribution in [3.8, 4) is 5.75 Å². The highest BCUT2D eigenvalue weighted by Gasteiger charge is 2.44. The molecule has 2 aromatic rings. The molecular formula is C24H27ClN2O4. The van der Waals surface area contributed by atoms with Gasteiger partial charge in [-0.15, -0.1) is 0 Å². The van der Waals surface area contributed by atoms with Crippen molar-refractivity contribution in [2.75, 3.05) is 33.8 Å². The number of nitrogens with zero attached hydrogens (tertiary/aromatic N) is 1. The number of carbonyl (C=O) groups is 2. The van der Waals surface area contributed by atoms with E-state index in [0.717, 1.165) is 16.0 Å². The molecule has 2 aromatic carbocycles. The van der Waals surface area contributed by atoms with Crippen molar-refractivity contribution in [3.05, 3.63) is 69.8 Å².